The number of rotatable bonds is 2. The van der Waals surface area contributed by atoms with E-state index in [9.17, 15) is 4.79 Å². The topological polar surface area (TPSA) is 58.1 Å². The molecule has 1 fully saturated rings. The van der Waals surface area contributed by atoms with E-state index < -0.39 is 0 Å². The zero-order valence-corrected chi connectivity index (χ0v) is 8.03. The molecule has 1 saturated carbocycles. The first-order chi connectivity index (χ1) is 7.36. The highest BCUT2D eigenvalue weighted by atomic mass is 16.1. The monoisotopic (exact) mass is 199 g/mol. The Hall–Kier alpha value is -1.93. The molecule has 0 amide bonds. The maximum Gasteiger partial charge on any atom is 0.235 e. The normalized spacial score (nSPS) is 17.3. The van der Waals surface area contributed by atoms with Gasteiger partial charge in [0.05, 0.1) is 0 Å². The average molecular weight is 199 g/mol. The second-order valence-electron chi connectivity index (χ2n) is 3.84. The summed E-state index contributed by atoms with van der Waals surface area (Å²) in [6.45, 7) is 0. The first kappa shape index (κ1) is 8.38. The Labute approximate surface area is 86.1 Å². The van der Waals surface area contributed by atoms with Gasteiger partial charge in [-0.1, -0.05) is 0 Å². The fourth-order valence-electron chi connectivity index (χ4n) is 1.99. The summed E-state index contributed by atoms with van der Waals surface area (Å²) < 4.78 is 0. The van der Waals surface area contributed by atoms with Crippen LogP contribution < -0.4 is 0 Å². The molecule has 0 bridgehead atoms. The van der Waals surface area contributed by atoms with E-state index in [0.717, 1.165) is 29.4 Å². The first-order valence-corrected chi connectivity index (χ1v) is 4.87. The second-order valence-corrected chi connectivity index (χ2v) is 3.84. The van der Waals surface area contributed by atoms with Gasteiger partial charge < -0.3 is 4.98 Å². The van der Waals surface area contributed by atoms with Crippen molar-refractivity contribution < 1.29 is 4.79 Å². The number of aromatic nitrogens is 2. The van der Waals surface area contributed by atoms with Crippen molar-refractivity contribution in [3.05, 3.63) is 30.1 Å². The molecule has 2 aromatic rings. The minimum atomic E-state index is -0.316. The van der Waals surface area contributed by atoms with Crippen molar-refractivity contribution in [2.24, 2.45) is 4.99 Å². The predicted octanol–water partition coefficient (Wildman–Crippen LogP) is 1.89. The number of aromatic amines is 1. The summed E-state index contributed by atoms with van der Waals surface area (Å²) in [5, 5.41) is 1.05. The Bertz CT molecular complexity index is 562. The minimum absolute atomic E-state index is 0.316. The standard InChI is InChI=1S/C11H9N3O/c15-7-14-11(3-4-11)9-6-13-10-8(9)2-1-5-12-10/h1-2,5-6H,3-4H2,(H,12,13). The van der Waals surface area contributed by atoms with Crippen molar-refractivity contribution in [3.8, 4) is 0 Å². The molecule has 4 nitrogen and oxygen atoms in total. The maximum atomic E-state index is 10.4. The van der Waals surface area contributed by atoms with Crippen molar-refractivity contribution in [3.63, 3.8) is 0 Å². The third kappa shape index (κ3) is 1.12. The van der Waals surface area contributed by atoms with Gasteiger partial charge in [-0.15, -0.1) is 0 Å². The summed E-state index contributed by atoms with van der Waals surface area (Å²) in [6, 6.07) is 3.88. The summed E-state index contributed by atoms with van der Waals surface area (Å²) in [7, 11) is 0. The van der Waals surface area contributed by atoms with Crippen LogP contribution in [0.1, 0.15) is 18.4 Å². The summed E-state index contributed by atoms with van der Waals surface area (Å²) >= 11 is 0. The van der Waals surface area contributed by atoms with E-state index in [4.69, 9.17) is 0 Å². The molecule has 74 valence electrons. The molecule has 1 aliphatic carbocycles. The van der Waals surface area contributed by atoms with Crippen LogP contribution in [-0.4, -0.2) is 16.0 Å². The Balaban J connectivity index is 2.24. The van der Waals surface area contributed by atoms with E-state index in [1.807, 2.05) is 18.3 Å². The lowest BCUT2D eigenvalue weighted by Crippen LogP contribution is -2.00. The lowest BCUT2D eigenvalue weighted by Gasteiger charge is -2.04. The lowest BCUT2D eigenvalue weighted by atomic mass is 10.1. The molecule has 4 heteroatoms. The fraction of sp³-hybridized carbons (Fsp3) is 0.273. The third-order valence-corrected chi connectivity index (χ3v) is 2.94. The zero-order chi connectivity index (χ0) is 10.3. The quantitative estimate of drug-likeness (QED) is 0.593. The number of nitrogens with one attached hydrogen (secondary N) is 1. The van der Waals surface area contributed by atoms with Gasteiger partial charge in [0.2, 0.25) is 6.08 Å². The SMILES string of the molecule is O=C=NC1(c2c[nH]c3ncccc23)CC1. The zero-order valence-electron chi connectivity index (χ0n) is 8.03. The number of pyridine rings is 1. The molecule has 0 atom stereocenters. The number of H-pyrrole nitrogens is 1. The number of nitrogens with zero attached hydrogens (tertiary/aromatic N) is 2. The highest BCUT2D eigenvalue weighted by molar-refractivity contribution is 5.81. The van der Waals surface area contributed by atoms with Crippen LogP contribution in [-0.2, 0) is 10.3 Å². The van der Waals surface area contributed by atoms with Crippen molar-refractivity contribution in [1.29, 1.82) is 0 Å². The number of hydrogen-bond donors (Lipinski definition) is 1. The van der Waals surface area contributed by atoms with Crippen LogP contribution in [0.2, 0.25) is 0 Å². The first-order valence-electron chi connectivity index (χ1n) is 4.87. The van der Waals surface area contributed by atoms with Gasteiger partial charge in [0, 0.05) is 23.3 Å². The molecule has 1 N–H and O–H groups in total. The molecule has 0 saturated heterocycles. The van der Waals surface area contributed by atoms with Crippen LogP contribution in [0.5, 0.6) is 0 Å². The highest BCUT2D eigenvalue weighted by Crippen LogP contribution is 2.51. The molecule has 0 aliphatic heterocycles. The number of isocyanates is 1. The van der Waals surface area contributed by atoms with Crippen molar-refractivity contribution in [2.45, 2.75) is 18.4 Å². The van der Waals surface area contributed by atoms with Gasteiger partial charge in [-0.3, -0.25) is 0 Å². The molecule has 2 heterocycles. The molecule has 0 spiro atoms. The maximum absolute atomic E-state index is 10.4. The molecular formula is C11H9N3O. The van der Waals surface area contributed by atoms with Gasteiger partial charge in [0.1, 0.15) is 11.2 Å². The molecule has 0 radical (unpaired) electrons. The number of aliphatic imine (C=N–C) groups is 1. The van der Waals surface area contributed by atoms with Crippen LogP contribution in [0.4, 0.5) is 0 Å². The smallest absolute Gasteiger partial charge is 0.235 e. The van der Waals surface area contributed by atoms with Crippen LogP contribution in [0.25, 0.3) is 11.0 Å². The Morgan fingerprint density at radius 3 is 3.13 bits per heavy atom. The summed E-state index contributed by atoms with van der Waals surface area (Å²) in [4.78, 5) is 21.6. The van der Waals surface area contributed by atoms with Crippen LogP contribution in [0.15, 0.2) is 29.5 Å². The molecule has 2 aromatic heterocycles. The summed E-state index contributed by atoms with van der Waals surface area (Å²) in [6.07, 6.45) is 7.14. The predicted molar refractivity (Wildman–Crippen MR) is 55.1 cm³/mol. The van der Waals surface area contributed by atoms with Crippen LogP contribution in [0.3, 0.4) is 0 Å². The van der Waals surface area contributed by atoms with Crippen molar-refractivity contribution in [2.75, 3.05) is 0 Å². The van der Waals surface area contributed by atoms with Crippen molar-refractivity contribution in [1.82, 2.24) is 9.97 Å². The largest absolute Gasteiger partial charge is 0.346 e. The fourth-order valence-corrected chi connectivity index (χ4v) is 1.99. The number of fused-ring (bicyclic) bond motifs is 1. The van der Waals surface area contributed by atoms with Gasteiger partial charge in [0.15, 0.2) is 0 Å². The molecular weight excluding hydrogens is 190 g/mol. The van der Waals surface area contributed by atoms with E-state index in [0.29, 0.717) is 0 Å². The Morgan fingerprint density at radius 1 is 1.53 bits per heavy atom. The van der Waals surface area contributed by atoms with Gasteiger partial charge in [0.25, 0.3) is 0 Å². The number of carbonyl (C=O) groups excluding carboxylic acids is 1. The van der Waals surface area contributed by atoms with E-state index in [1.165, 1.54) is 0 Å². The third-order valence-electron chi connectivity index (χ3n) is 2.94. The molecule has 15 heavy (non-hydrogen) atoms. The van der Waals surface area contributed by atoms with E-state index in [1.54, 1.807) is 12.3 Å². The Morgan fingerprint density at radius 2 is 2.40 bits per heavy atom. The number of hydrogen-bond acceptors (Lipinski definition) is 3. The Kier molecular flexibility index (Phi) is 1.55. The molecule has 0 unspecified atom stereocenters. The minimum Gasteiger partial charge on any atom is -0.346 e. The van der Waals surface area contributed by atoms with Gasteiger partial charge >= 0.3 is 0 Å². The highest BCUT2D eigenvalue weighted by Gasteiger charge is 2.46. The van der Waals surface area contributed by atoms with E-state index in [2.05, 4.69) is 15.0 Å². The molecule has 0 aromatic carbocycles. The lowest BCUT2D eigenvalue weighted by molar-refractivity contribution is 0.556. The second kappa shape index (κ2) is 2.78. The average Bonchev–Trinajstić information content (AvgIpc) is 2.91. The molecule has 3 rings (SSSR count). The summed E-state index contributed by atoms with van der Waals surface area (Å²) in [5.41, 5.74) is 1.59. The van der Waals surface area contributed by atoms with E-state index in [-0.39, 0.29) is 5.54 Å². The van der Waals surface area contributed by atoms with E-state index >= 15 is 0 Å². The van der Waals surface area contributed by atoms with Gasteiger partial charge in [-0.05, 0) is 25.0 Å². The summed E-state index contributed by atoms with van der Waals surface area (Å²) in [5.74, 6) is 0. The van der Waals surface area contributed by atoms with Crippen LogP contribution >= 0.6 is 0 Å². The van der Waals surface area contributed by atoms with Crippen molar-refractivity contribution >= 4 is 17.1 Å². The van der Waals surface area contributed by atoms with Gasteiger partial charge in [-0.2, -0.15) is 4.99 Å². The molecule has 1 aliphatic rings. The van der Waals surface area contributed by atoms with Gasteiger partial charge in [-0.25, -0.2) is 9.78 Å². The van der Waals surface area contributed by atoms with Crippen LogP contribution in [0, 0.1) is 0 Å².